The molecule has 3 aromatic rings. The number of amides is 1. The lowest BCUT2D eigenvalue weighted by Crippen LogP contribution is -2.38. The molecular weight excluding hydrogens is 415 g/mol. The number of halogens is 3. The molecule has 2 heterocycles. The van der Waals surface area contributed by atoms with Crippen LogP contribution in [0.2, 0.25) is 0 Å². The highest BCUT2D eigenvalue weighted by molar-refractivity contribution is 5.93. The van der Waals surface area contributed by atoms with Crippen LogP contribution in [0.1, 0.15) is 53.5 Å². The summed E-state index contributed by atoms with van der Waals surface area (Å²) in [5.41, 5.74) is 2.95. The van der Waals surface area contributed by atoms with Gasteiger partial charge in [-0.1, -0.05) is 18.6 Å². The molecule has 1 aromatic carbocycles. The quantitative estimate of drug-likeness (QED) is 0.557. The Bertz CT molecular complexity index is 1020. The van der Waals surface area contributed by atoms with Crippen molar-refractivity contribution in [3.8, 4) is 0 Å². The van der Waals surface area contributed by atoms with Crippen LogP contribution in [-0.4, -0.2) is 39.2 Å². The Morgan fingerprint density at radius 3 is 2.55 bits per heavy atom. The number of imidazole rings is 1. The van der Waals surface area contributed by atoms with Gasteiger partial charge in [-0.15, -0.1) is 0 Å². The van der Waals surface area contributed by atoms with Crippen LogP contribution < -0.4 is 5.32 Å². The van der Waals surface area contributed by atoms with Gasteiger partial charge in [-0.2, -0.15) is 13.2 Å². The number of hydrogen-bond acceptors (Lipinski definition) is 4. The molecule has 0 spiro atoms. The highest BCUT2D eigenvalue weighted by Gasteiger charge is 2.38. The molecule has 1 aliphatic rings. The minimum atomic E-state index is -5.08. The molecule has 1 fully saturated rings. The number of carboxylic acids is 1. The molecule has 1 amide bonds. The summed E-state index contributed by atoms with van der Waals surface area (Å²) >= 11 is 0. The van der Waals surface area contributed by atoms with Crippen LogP contribution in [0.4, 0.5) is 13.2 Å². The van der Waals surface area contributed by atoms with E-state index in [0.717, 1.165) is 48.1 Å². The summed E-state index contributed by atoms with van der Waals surface area (Å²) in [6, 6.07) is 10.1. The molecule has 1 saturated carbocycles. The van der Waals surface area contributed by atoms with Crippen molar-refractivity contribution >= 4 is 22.9 Å². The van der Waals surface area contributed by atoms with E-state index in [2.05, 4.69) is 10.3 Å². The number of aliphatic carboxylic acids is 1. The number of benzene rings is 1. The van der Waals surface area contributed by atoms with Gasteiger partial charge in [-0.3, -0.25) is 4.79 Å². The first-order valence-corrected chi connectivity index (χ1v) is 9.75. The molecule has 0 radical (unpaired) electrons. The first kappa shape index (κ1) is 22.4. The maximum atomic E-state index is 12.4. The number of carbonyl (C=O) groups is 2. The lowest BCUT2D eigenvalue weighted by Gasteiger charge is -2.28. The number of furan rings is 1. The van der Waals surface area contributed by atoms with Gasteiger partial charge in [0.15, 0.2) is 5.76 Å². The van der Waals surface area contributed by atoms with E-state index < -0.39 is 12.1 Å². The number of carboxylic acid groups (broad SMARTS) is 1. The van der Waals surface area contributed by atoms with E-state index in [1.807, 2.05) is 37.3 Å². The van der Waals surface area contributed by atoms with Crippen molar-refractivity contribution in [1.82, 2.24) is 15.3 Å². The van der Waals surface area contributed by atoms with Crippen molar-refractivity contribution in [3.63, 3.8) is 0 Å². The normalized spacial score (nSPS) is 18.8. The summed E-state index contributed by atoms with van der Waals surface area (Å²) in [6.07, 6.45) is 0.575. The number of aromatic nitrogens is 2. The van der Waals surface area contributed by atoms with Gasteiger partial charge in [0.05, 0.1) is 17.3 Å². The van der Waals surface area contributed by atoms with Crippen LogP contribution in [0.3, 0.4) is 0 Å². The van der Waals surface area contributed by atoms with Gasteiger partial charge < -0.3 is 19.8 Å². The second kappa shape index (κ2) is 9.23. The van der Waals surface area contributed by atoms with Crippen molar-refractivity contribution in [2.75, 3.05) is 0 Å². The zero-order valence-electron chi connectivity index (χ0n) is 16.7. The molecule has 1 aliphatic carbocycles. The molecule has 0 saturated heterocycles. The van der Waals surface area contributed by atoms with Crippen molar-refractivity contribution in [3.05, 3.63) is 53.7 Å². The van der Waals surface area contributed by atoms with Crippen molar-refractivity contribution < 1.29 is 32.3 Å². The molecule has 4 rings (SSSR count). The van der Waals surface area contributed by atoms with Crippen LogP contribution >= 0.6 is 0 Å². The smallest absolute Gasteiger partial charge is 0.475 e. The number of H-pyrrole nitrogens is 1. The maximum absolute atomic E-state index is 12.4. The average molecular weight is 437 g/mol. The van der Waals surface area contributed by atoms with Crippen LogP contribution in [0.25, 0.3) is 11.0 Å². The topological polar surface area (TPSA) is 108 Å². The van der Waals surface area contributed by atoms with Crippen LogP contribution in [0.15, 0.2) is 41.0 Å². The summed E-state index contributed by atoms with van der Waals surface area (Å²) in [6.45, 7) is 1.89. The Morgan fingerprint density at radius 1 is 1.23 bits per heavy atom. The van der Waals surface area contributed by atoms with Gasteiger partial charge in [0.25, 0.3) is 5.91 Å². The largest absolute Gasteiger partial charge is 0.490 e. The Hall–Kier alpha value is -3.30. The number of aryl methyl sites for hydroxylation is 1. The van der Waals surface area contributed by atoms with Crippen molar-refractivity contribution in [1.29, 1.82) is 0 Å². The van der Waals surface area contributed by atoms with Gasteiger partial charge >= 0.3 is 12.1 Å². The zero-order valence-corrected chi connectivity index (χ0v) is 16.7. The molecule has 3 N–H and O–H groups in total. The number of para-hydroxylation sites is 2. The number of nitrogens with zero attached hydrogens (tertiary/aromatic N) is 1. The Labute approximate surface area is 175 Å². The molecule has 2 unspecified atom stereocenters. The molecule has 31 heavy (non-hydrogen) atoms. The van der Waals surface area contributed by atoms with Gasteiger partial charge in [0.2, 0.25) is 0 Å². The Balaban J connectivity index is 0.000000339. The van der Waals surface area contributed by atoms with Crippen LogP contribution in [-0.2, 0) is 4.79 Å². The van der Waals surface area contributed by atoms with E-state index in [9.17, 15) is 18.0 Å². The minimum Gasteiger partial charge on any atom is -0.475 e. The molecule has 0 bridgehead atoms. The third-order valence-electron chi connectivity index (χ3n) is 5.11. The van der Waals surface area contributed by atoms with E-state index in [0.29, 0.717) is 11.7 Å². The number of alkyl halides is 3. The fourth-order valence-corrected chi connectivity index (χ4v) is 3.59. The zero-order chi connectivity index (χ0) is 22.6. The second-order valence-corrected chi connectivity index (χ2v) is 7.41. The average Bonchev–Trinajstić information content (AvgIpc) is 3.34. The second-order valence-electron chi connectivity index (χ2n) is 7.41. The van der Waals surface area contributed by atoms with Crippen molar-refractivity contribution in [2.45, 2.75) is 50.7 Å². The number of nitrogens with one attached hydrogen (secondary N) is 2. The van der Waals surface area contributed by atoms with Crippen LogP contribution in [0.5, 0.6) is 0 Å². The summed E-state index contributed by atoms with van der Waals surface area (Å²) in [4.78, 5) is 29.4. The number of aromatic amines is 1. The molecule has 10 heteroatoms. The summed E-state index contributed by atoms with van der Waals surface area (Å²) < 4.78 is 37.0. The van der Waals surface area contributed by atoms with Gasteiger partial charge in [0.1, 0.15) is 5.82 Å². The van der Waals surface area contributed by atoms with E-state index in [-0.39, 0.29) is 11.9 Å². The minimum absolute atomic E-state index is 0.118. The lowest BCUT2D eigenvalue weighted by atomic mass is 9.85. The maximum Gasteiger partial charge on any atom is 0.490 e. The number of hydrogen-bond donors (Lipinski definition) is 3. The lowest BCUT2D eigenvalue weighted by molar-refractivity contribution is -0.192. The van der Waals surface area contributed by atoms with Gasteiger partial charge in [0, 0.05) is 17.5 Å². The van der Waals surface area contributed by atoms with E-state index in [1.165, 1.54) is 0 Å². The van der Waals surface area contributed by atoms with E-state index in [1.54, 1.807) is 6.26 Å². The van der Waals surface area contributed by atoms with E-state index >= 15 is 0 Å². The highest BCUT2D eigenvalue weighted by Crippen LogP contribution is 2.32. The number of rotatable bonds is 3. The summed E-state index contributed by atoms with van der Waals surface area (Å²) in [5, 5.41) is 10.2. The fourth-order valence-electron chi connectivity index (χ4n) is 3.59. The monoisotopic (exact) mass is 437 g/mol. The third kappa shape index (κ3) is 5.65. The predicted molar refractivity (Wildman–Crippen MR) is 106 cm³/mol. The molecule has 2 aromatic heterocycles. The SMILES string of the molecule is Cc1ccoc1C(=O)NC1CCCC(c2nc3ccccc3[nH]2)C1.O=C(O)C(F)(F)F. The standard InChI is InChI=1S/C19H21N3O2.C2HF3O2/c1-12-9-10-24-17(12)19(23)20-14-6-4-5-13(11-14)18-21-15-7-2-3-8-16(15)22-18;3-2(4,5)1(6)7/h2-3,7-10,13-14H,4-6,11H2,1H3,(H,20,23)(H,21,22);(H,6,7). The molecule has 166 valence electrons. The van der Waals surface area contributed by atoms with Crippen molar-refractivity contribution in [2.24, 2.45) is 0 Å². The van der Waals surface area contributed by atoms with E-state index in [4.69, 9.17) is 19.3 Å². The summed E-state index contributed by atoms with van der Waals surface area (Å²) in [7, 11) is 0. The molecular formula is C21H22F3N3O4. The molecule has 2 atom stereocenters. The molecule has 0 aliphatic heterocycles. The molecule has 7 nitrogen and oxygen atoms in total. The Morgan fingerprint density at radius 2 is 1.94 bits per heavy atom. The van der Waals surface area contributed by atoms with Gasteiger partial charge in [-0.25, -0.2) is 9.78 Å². The summed E-state index contributed by atoms with van der Waals surface area (Å²) in [5.74, 6) is -1.07. The first-order valence-electron chi connectivity index (χ1n) is 9.75. The Kier molecular flexibility index (Phi) is 6.67. The van der Waals surface area contributed by atoms with Crippen LogP contribution in [0, 0.1) is 6.92 Å². The van der Waals surface area contributed by atoms with Gasteiger partial charge in [-0.05, 0) is 44.4 Å². The number of fused-ring (bicyclic) bond motifs is 1. The fraction of sp³-hybridized carbons (Fsp3) is 0.381. The first-order chi connectivity index (χ1) is 14.6. The number of carbonyl (C=O) groups excluding carboxylic acids is 1. The highest BCUT2D eigenvalue weighted by atomic mass is 19.4. The third-order valence-corrected chi connectivity index (χ3v) is 5.11. The predicted octanol–water partition coefficient (Wildman–Crippen LogP) is 4.55.